The number of alkyl halides is 1. The summed E-state index contributed by atoms with van der Waals surface area (Å²) in [4.78, 5) is 15.6. The fourth-order valence-electron chi connectivity index (χ4n) is 2.59. The number of carbonyl (C=O) groups excluding carboxylic acids is 1. The second kappa shape index (κ2) is 9.78. The van der Waals surface area contributed by atoms with Crippen molar-refractivity contribution in [3.8, 4) is 5.75 Å². The van der Waals surface area contributed by atoms with E-state index in [1.54, 1.807) is 0 Å². The Morgan fingerprint density at radius 2 is 1.35 bits per heavy atom. The van der Waals surface area contributed by atoms with Crippen molar-refractivity contribution in [3.63, 3.8) is 0 Å². The van der Waals surface area contributed by atoms with Crippen LogP contribution in [-0.4, -0.2) is 10.4 Å². The summed E-state index contributed by atoms with van der Waals surface area (Å²) in [5, 5.41) is 0. The maximum atomic E-state index is 12.2. The maximum absolute atomic E-state index is 12.2. The molecule has 0 aromatic heterocycles. The molecule has 4 heteroatoms. The number of carbonyl (C=O) groups is 1. The second-order valence-corrected chi connectivity index (χ2v) is 8.72. The van der Waals surface area contributed by atoms with Gasteiger partial charge in [-0.15, -0.1) is 0 Å². The topological polar surface area (TPSA) is 26.3 Å². The van der Waals surface area contributed by atoms with E-state index in [2.05, 4.69) is 52.9 Å². The molecule has 0 spiro atoms. The lowest BCUT2D eigenvalue weighted by Crippen LogP contribution is -2.12. The molecule has 0 saturated carbocycles. The van der Waals surface area contributed by atoms with E-state index < -0.39 is 0 Å². The fourth-order valence-corrected chi connectivity index (χ4v) is 5.14. The Kier molecular flexibility index (Phi) is 7.14. The third kappa shape index (κ3) is 4.89. The van der Waals surface area contributed by atoms with Crippen LogP contribution < -0.4 is 4.74 Å². The molecule has 2 nitrogen and oxygen atoms in total. The Labute approximate surface area is 171 Å². The summed E-state index contributed by atoms with van der Waals surface area (Å²) in [7, 11) is -0.327. The van der Waals surface area contributed by atoms with Crippen LogP contribution in [0.15, 0.2) is 99.6 Å². The van der Waals surface area contributed by atoms with Crippen LogP contribution >= 0.6 is 22.6 Å². The maximum Gasteiger partial charge on any atom is 0.311 e. The van der Waals surface area contributed by atoms with Crippen molar-refractivity contribution >= 4 is 39.5 Å². The normalized spacial score (nSPS) is 10.7. The molecule has 3 aromatic rings. The van der Waals surface area contributed by atoms with Gasteiger partial charge in [-0.25, -0.2) is 0 Å². The first-order valence-corrected chi connectivity index (χ1v) is 11.2. The number of hydrogen-bond acceptors (Lipinski definition) is 2. The molecule has 0 fully saturated rings. The Morgan fingerprint density at radius 3 is 1.92 bits per heavy atom. The van der Waals surface area contributed by atoms with Gasteiger partial charge < -0.3 is 4.74 Å². The van der Waals surface area contributed by atoms with Crippen molar-refractivity contribution in [3.05, 3.63) is 84.9 Å². The molecule has 0 saturated heterocycles. The molecule has 0 atom stereocenters. The number of benzene rings is 3. The number of ether oxygens (including phenoxy) is 1. The second-order valence-electron chi connectivity index (χ2n) is 5.65. The molecule has 3 aromatic carbocycles. The molecule has 0 heterocycles. The molecular formula is C22H20IO2S+. The van der Waals surface area contributed by atoms with E-state index in [-0.39, 0.29) is 16.9 Å². The van der Waals surface area contributed by atoms with Gasteiger partial charge in [0.25, 0.3) is 0 Å². The van der Waals surface area contributed by atoms with E-state index in [0.717, 1.165) is 15.7 Å². The molecule has 3 rings (SSSR count). The lowest BCUT2D eigenvalue weighted by molar-refractivity contribution is -0.134. The standard InChI is InChI=1S/C22H20IO2S/c23-17-9-16-22(24)25-20-14-7-8-15-21(20)26(18-10-3-1-4-11-18)19-12-5-2-6-13-19/h1-8,10-15H,9,16-17H2/q+1. The molecule has 26 heavy (non-hydrogen) atoms. The quantitative estimate of drug-likeness (QED) is 0.140. The van der Waals surface area contributed by atoms with Crippen molar-refractivity contribution in [1.82, 2.24) is 0 Å². The predicted octanol–water partition coefficient (Wildman–Crippen LogP) is 5.90. The highest BCUT2D eigenvalue weighted by molar-refractivity contribution is 14.1. The Balaban J connectivity index is 2.01. The smallest absolute Gasteiger partial charge is 0.311 e. The van der Waals surface area contributed by atoms with Gasteiger partial charge in [0, 0.05) is 10.8 Å². The number of esters is 1. The first-order chi connectivity index (χ1) is 12.8. The minimum absolute atomic E-state index is 0.168. The van der Waals surface area contributed by atoms with E-state index >= 15 is 0 Å². The summed E-state index contributed by atoms with van der Waals surface area (Å²) in [6.45, 7) is 0. The van der Waals surface area contributed by atoms with Crippen molar-refractivity contribution in [2.75, 3.05) is 4.43 Å². The van der Waals surface area contributed by atoms with Gasteiger partial charge in [-0.05, 0) is 42.8 Å². The molecule has 0 radical (unpaired) electrons. The van der Waals surface area contributed by atoms with Crippen molar-refractivity contribution in [2.24, 2.45) is 0 Å². The predicted molar refractivity (Wildman–Crippen MR) is 115 cm³/mol. The SMILES string of the molecule is O=C(CCCI)Oc1ccccc1[S+](c1ccccc1)c1ccccc1. The molecular weight excluding hydrogens is 455 g/mol. The van der Waals surface area contributed by atoms with Crippen LogP contribution in [0.3, 0.4) is 0 Å². The van der Waals surface area contributed by atoms with Gasteiger partial charge in [0.2, 0.25) is 4.90 Å². The number of halogens is 1. The van der Waals surface area contributed by atoms with Gasteiger partial charge in [0.05, 0.1) is 0 Å². The molecule has 0 unspecified atom stereocenters. The number of hydrogen-bond donors (Lipinski definition) is 0. The highest BCUT2D eigenvalue weighted by Crippen LogP contribution is 2.36. The third-order valence-corrected chi connectivity index (χ3v) is 6.79. The number of para-hydroxylation sites is 1. The summed E-state index contributed by atoms with van der Waals surface area (Å²) in [6.07, 6.45) is 1.28. The van der Waals surface area contributed by atoms with Crippen molar-refractivity contribution in [2.45, 2.75) is 27.5 Å². The Bertz CT molecular complexity index is 798. The highest BCUT2D eigenvalue weighted by atomic mass is 127. The van der Waals surface area contributed by atoms with Crippen LogP contribution in [0.25, 0.3) is 0 Å². The summed E-state index contributed by atoms with van der Waals surface area (Å²) in [5.74, 6) is 0.487. The van der Waals surface area contributed by atoms with Crippen LogP contribution in [0, 0.1) is 0 Å². The molecule has 0 N–H and O–H groups in total. The van der Waals surface area contributed by atoms with E-state index in [9.17, 15) is 4.79 Å². The number of rotatable bonds is 7. The van der Waals surface area contributed by atoms with Crippen molar-refractivity contribution < 1.29 is 9.53 Å². The van der Waals surface area contributed by atoms with Crippen LogP contribution in [0.2, 0.25) is 0 Å². The van der Waals surface area contributed by atoms with E-state index in [1.807, 2.05) is 54.6 Å². The van der Waals surface area contributed by atoms with E-state index in [0.29, 0.717) is 12.2 Å². The van der Waals surface area contributed by atoms with E-state index in [1.165, 1.54) is 9.79 Å². The molecule has 0 amide bonds. The monoisotopic (exact) mass is 475 g/mol. The zero-order valence-electron chi connectivity index (χ0n) is 14.3. The van der Waals surface area contributed by atoms with Gasteiger partial charge in [-0.1, -0.05) is 71.1 Å². The van der Waals surface area contributed by atoms with Crippen LogP contribution in [-0.2, 0) is 15.7 Å². The minimum Gasteiger partial charge on any atom is -0.421 e. The van der Waals surface area contributed by atoms with Crippen LogP contribution in [0.4, 0.5) is 0 Å². The summed E-state index contributed by atoms with van der Waals surface area (Å²) in [6, 6.07) is 28.6. The molecule has 132 valence electrons. The van der Waals surface area contributed by atoms with Gasteiger partial charge in [-0.2, -0.15) is 0 Å². The Hall–Kier alpha value is -1.79. The molecule has 0 bridgehead atoms. The first-order valence-electron chi connectivity index (χ1n) is 8.49. The molecule has 0 aliphatic rings. The van der Waals surface area contributed by atoms with Crippen molar-refractivity contribution in [1.29, 1.82) is 0 Å². The van der Waals surface area contributed by atoms with Gasteiger partial charge in [0.1, 0.15) is 10.9 Å². The van der Waals surface area contributed by atoms with Crippen LogP contribution in [0.5, 0.6) is 5.75 Å². The van der Waals surface area contributed by atoms with Gasteiger partial charge in [0.15, 0.2) is 15.5 Å². The fraction of sp³-hybridized carbons (Fsp3) is 0.136. The molecule has 0 aliphatic carbocycles. The highest BCUT2D eigenvalue weighted by Gasteiger charge is 2.32. The summed E-state index contributed by atoms with van der Waals surface area (Å²) in [5.41, 5.74) is 0. The average molecular weight is 475 g/mol. The first kappa shape index (κ1) is 19.0. The summed E-state index contributed by atoms with van der Waals surface area (Å²) < 4.78 is 6.69. The third-order valence-electron chi connectivity index (χ3n) is 3.77. The molecule has 0 aliphatic heterocycles. The average Bonchev–Trinajstić information content (AvgIpc) is 2.69. The van der Waals surface area contributed by atoms with Crippen LogP contribution in [0.1, 0.15) is 12.8 Å². The van der Waals surface area contributed by atoms with Gasteiger partial charge in [-0.3, -0.25) is 4.79 Å². The zero-order chi connectivity index (χ0) is 18.2. The largest absolute Gasteiger partial charge is 0.421 e. The minimum atomic E-state index is -0.327. The lowest BCUT2D eigenvalue weighted by atomic mass is 10.3. The van der Waals surface area contributed by atoms with E-state index in [4.69, 9.17) is 4.74 Å². The Morgan fingerprint density at radius 1 is 0.808 bits per heavy atom. The zero-order valence-corrected chi connectivity index (χ0v) is 17.3. The van der Waals surface area contributed by atoms with Gasteiger partial charge >= 0.3 is 5.97 Å². The summed E-state index contributed by atoms with van der Waals surface area (Å²) >= 11 is 2.28. The lowest BCUT2D eigenvalue weighted by Gasteiger charge is -2.12.